The molecule has 0 saturated carbocycles. The number of nitrogens with one attached hydrogen (secondary N) is 1. The van der Waals surface area contributed by atoms with Crippen molar-refractivity contribution < 1.29 is 14.3 Å². The second-order valence-corrected chi connectivity index (χ2v) is 6.05. The molecule has 1 fully saturated rings. The molecule has 1 amide bonds. The van der Waals surface area contributed by atoms with Gasteiger partial charge in [-0.05, 0) is 18.4 Å². The second-order valence-electron chi connectivity index (χ2n) is 6.05. The molecule has 6 heteroatoms. The Morgan fingerprint density at radius 2 is 2.16 bits per heavy atom. The van der Waals surface area contributed by atoms with Gasteiger partial charge in [0.05, 0.1) is 19.8 Å². The molecule has 1 aliphatic heterocycles. The molecule has 0 spiro atoms. The highest BCUT2D eigenvalue weighted by atomic mass is 16.5. The van der Waals surface area contributed by atoms with Gasteiger partial charge in [-0.15, -0.1) is 0 Å². The van der Waals surface area contributed by atoms with Crippen molar-refractivity contribution in [1.82, 2.24) is 9.88 Å². The van der Waals surface area contributed by atoms with Gasteiger partial charge in [-0.3, -0.25) is 9.59 Å². The van der Waals surface area contributed by atoms with E-state index < -0.39 is 0 Å². The number of methoxy groups -OCH3 is 1. The third-order valence-corrected chi connectivity index (χ3v) is 4.35. The van der Waals surface area contributed by atoms with Crippen LogP contribution in [0, 0.1) is 0 Å². The van der Waals surface area contributed by atoms with Crippen LogP contribution in [0.3, 0.4) is 0 Å². The summed E-state index contributed by atoms with van der Waals surface area (Å²) >= 11 is 0. The standard InChI is InChI=1S/C19H22N2O4/c1-24-18-12-20-16(11-17(18)22)19(23)21-9-10-25-15(13-21)8-7-14-5-3-2-4-6-14/h2-6,11-12,15H,7-10,13H2,1H3,(H,20,22)/t15-/m1/s1. The van der Waals surface area contributed by atoms with Gasteiger partial charge in [0, 0.05) is 25.4 Å². The van der Waals surface area contributed by atoms with E-state index in [-0.39, 0.29) is 28.9 Å². The van der Waals surface area contributed by atoms with Crippen molar-refractivity contribution in [2.75, 3.05) is 26.8 Å². The Labute approximate surface area is 146 Å². The molecule has 2 heterocycles. The number of rotatable bonds is 5. The number of aryl methyl sites for hydroxylation is 1. The van der Waals surface area contributed by atoms with Gasteiger partial charge in [-0.25, -0.2) is 0 Å². The highest BCUT2D eigenvalue weighted by molar-refractivity contribution is 5.92. The van der Waals surface area contributed by atoms with Crippen molar-refractivity contribution in [3.63, 3.8) is 0 Å². The van der Waals surface area contributed by atoms with E-state index in [9.17, 15) is 9.59 Å². The molecule has 132 valence electrons. The van der Waals surface area contributed by atoms with Crippen molar-refractivity contribution >= 4 is 5.91 Å². The van der Waals surface area contributed by atoms with Crippen LogP contribution in [-0.4, -0.2) is 48.7 Å². The number of hydrogen-bond donors (Lipinski definition) is 1. The number of amides is 1. The summed E-state index contributed by atoms with van der Waals surface area (Å²) in [6, 6.07) is 11.5. The van der Waals surface area contributed by atoms with Crippen molar-refractivity contribution in [2.45, 2.75) is 18.9 Å². The van der Waals surface area contributed by atoms with Gasteiger partial charge in [0.1, 0.15) is 5.69 Å². The topological polar surface area (TPSA) is 71.6 Å². The Kier molecular flexibility index (Phi) is 5.50. The number of carbonyl (C=O) groups excluding carboxylic acids is 1. The lowest BCUT2D eigenvalue weighted by atomic mass is 10.1. The summed E-state index contributed by atoms with van der Waals surface area (Å²) in [6.07, 6.45) is 3.19. The normalized spacial score (nSPS) is 17.3. The molecule has 0 radical (unpaired) electrons. The molecule has 0 unspecified atom stereocenters. The Bertz CT molecular complexity index is 772. The molecule has 1 aromatic carbocycles. The van der Waals surface area contributed by atoms with E-state index in [0.717, 1.165) is 12.8 Å². The highest BCUT2D eigenvalue weighted by Gasteiger charge is 2.25. The van der Waals surface area contributed by atoms with Crippen molar-refractivity contribution in [1.29, 1.82) is 0 Å². The zero-order valence-corrected chi connectivity index (χ0v) is 14.2. The predicted octanol–water partition coefficient (Wildman–Crippen LogP) is 1.86. The number of morpholine rings is 1. The van der Waals surface area contributed by atoms with Crippen molar-refractivity contribution in [3.05, 3.63) is 64.1 Å². The van der Waals surface area contributed by atoms with Crippen LogP contribution in [0.15, 0.2) is 47.4 Å². The Hall–Kier alpha value is -2.60. The smallest absolute Gasteiger partial charge is 0.270 e. The number of benzene rings is 1. The van der Waals surface area contributed by atoms with Gasteiger partial charge in [0.15, 0.2) is 5.75 Å². The van der Waals surface area contributed by atoms with Crippen LogP contribution in [0.2, 0.25) is 0 Å². The third kappa shape index (κ3) is 4.28. The van der Waals surface area contributed by atoms with Gasteiger partial charge in [0.25, 0.3) is 5.91 Å². The van der Waals surface area contributed by atoms with Crippen LogP contribution in [0.25, 0.3) is 0 Å². The minimum absolute atomic E-state index is 0.00266. The number of nitrogens with zero attached hydrogens (tertiary/aromatic N) is 1. The largest absolute Gasteiger partial charge is 0.491 e. The fourth-order valence-corrected chi connectivity index (χ4v) is 2.96. The quantitative estimate of drug-likeness (QED) is 0.900. The van der Waals surface area contributed by atoms with Gasteiger partial charge in [-0.1, -0.05) is 30.3 Å². The Balaban J connectivity index is 1.61. The van der Waals surface area contributed by atoms with E-state index in [4.69, 9.17) is 9.47 Å². The molecule has 6 nitrogen and oxygen atoms in total. The maximum atomic E-state index is 12.6. The van der Waals surface area contributed by atoms with E-state index in [1.54, 1.807) is 4.90 Å². The molecule has 1 aliphatic rings. The second kappa shape index (κ2) is 7.98. The fourth-order valence-electron chi connectivity index (χ4n) is 2.96. The fraction of sp³-hybridized carbons (Fsp3) is 0.368. The molecule has 1 N–H and O–H groups in total. The maximum Gasteiger partial charge on any atom is 0.270 e. The summed E-state index contributed by atoms with van der Waals surface area (Å²) in [5.41, 5.74) is 1.22. The number of pyridine rings is 1. The molecule has 1 atom stereocenters. The van der Waals surface area contributed by atoms with Crippen molar-refractivity contribution in [2.24, 2.45) is 0 Å². The van der Waals surface area contributed by atoms with E-state index in [1.807, 2.05) is 18.2 Å². The summed E-state index contributed by atoms with van der Waals surface area (Å²) < 4.78 is 10.7. The van der Waals surface area contributed by atoms with E-state index in [0.29, 0.717) is 19.7 Å². The first-order valence-electron chi connectivity index (χ1n) is 8.39. The Morgan fingerprint density at radius 1 is 1.36 bits per heavy atom. The van der Waals surface area contributed by atoms with Gasteiger partial charge in [-0.2, -0.15) is 0 Å². The number of aromatic nitrogens is 1. The van der Waals surface area contributed by atoms with Crippen LogP contribution in [0.1, 0.15) is 22.5 Å². The monoisotopic (exact) mass is 342 g/mol. The van der Waals surface area contributed by atoms with Gasteiger partial charge >= 0.3 is 0 Å². The molecular weight excluding hydrogens is 320 g/mol. The molecule has 0 bridgehead atoms. The van der Waals surface area contributed by atoms with Gasteiger partial charge in [0.2, 0.25) is 5.43 Å². The summed E-state index contributed by atoms with van der Waals surface area (Å²) in [5, 5.41) is 0. The zero-order chi connectivity index (χ0) is 17.6. The van der Waals surface area contributed by atoms with Crippen LogP contribution in [0.5, 0.6) is 5.75 Å². The first kappa shape index (κ1) is 17.2. The molecule has 3 rings (SSSR count). The first-order valence-corrected chi connectivity index (χ1v) is 8.39. The van der Waals surface area contributed by atoms with E-state index in [1.165, 1.54) is 24.9 Å². The van der Waals surface area contributed by atoms with Crippen LogP contribution in [-0.2, 0) is 11.2 Å². The number of hydrogen-bond acceptors (Lipinski definition) is 4. The average Bonchev–Trinajstić information content (AvgIpc) is 2.67. The molecule has 25 heavy (non-hydrogen) atoms. The highest BCUT2D eigenvalue weighted by Crippen LogP contribution is 2.14. The third-order valence-electron chi connectivity index (χ3n) is 4.35. The minimum Gasteiger partial charge on any atom is -0.491 e. The number of ether oxygens (including phenoxy) is 2. The summed E-state index contributed by atoms with van der Waals surface area (Å²) in [4.78, 5) is 29.0. The zero-order valence-electron chi connectivity index (χ0n) is 14.2. The minimum atomic E-state index is -0.307. The molecular formula is C19H22N2O4. The van der Waals surface area contributed by atoms with Crippen molar-refractivity contribution in [3.8, 4) is 5.75 Å². The molecule has 1 aromatic heterocycles. The number of aromatic amines is 1. The van der Waals surface area contributed by atoms with Crippen LogP contribution >= 0.6 is 0 Å². The lowest BCUT2D eigenvalue weighted by molar-refractivity contribution is -0.0247. The maximum absolute atomic E-state index is 12.6. The van der Waals surface area contributed by atoms with Crippen LogP contribution < -0.4 is 10.2 Å². The summed E-state index contributed by atoms with van der Waals surface area (Å²) in [7, 11) is 1.42. The number of carbonyl (C=O) groups is 1. The SMILES string of the molecule is COc1c[nH]c(C(=O)N2CCO[C@H](CCc3ccccc3)C2)cc1=O. The molecule has 2 aromatic rings. The summed E-state index contributed by atoms with van der Waals surface area (Å²) in [5.74, 6) is 0.00651. The Morgan fingerprint density at radius 3 is 2.88 bits per heavy atom. The number of H-pyrrole nitrogens is 1. The van der Waals surface area contributed by atoms with Crippen LogP contribution in [0.4, 0.5) is 0 Å². The summed E-state index contributed by atoms with van der Waals surface area (Å²) in [6.45, 7) is 1.56. The van der Waals surface area contributed by atoms with E-state index in [2.05, 4.69) is 17.1 Å². The lowest BCUT2D eigenvalue weighted by Crippen LogP contribution is -2.46. The molecule has 0 aliphatic carbocycles. The lowest BCUT2D eigenvalue weighted by Gasteiger charge is -2.33. The van der Waals surface area contributed by atoms with E-state index >= 15 is 0 Å². The van der Waals surface area contributed by atoms with Gasteiger partial charge < -0.3 is 19.4 Å². The molecule has 1 saturated heterocycles. The average molecular weight is 342 g/mol. The first-order chi connectivity index (χ1) is 12.2. The predicted molar refractivity (Wildman–Crippen MR) is 94.0 cm³/mol.